The molecule has 0 bridgehead atoms. The lowest BCUT2D eigenvalue weighted by atomic mass is 10.0. The van der Waals surface area contributed by atoms with Gasteiger partial charge in [-0.3, -0.25) is 13.9 Å². The fraction of sp³-hybridized carbons (Fsp3) is 0.381. The van der Waals surface area contributed by atoms with E-state index in [-0.39, 0.29) is 23.6 Å². The van der Waals surface area contributed by atoms with Crippen LogP contribution in [-0.2, 0) is 25.1 Å². The highest BCUT2D eigenvalue weighted by Gasteiger charge is 2.58. The molecule has 1 aromatic heterocycles. The second-order valence-electron chi connectivity index (χ2n) is 8.27. The van der Waals surface area contributed by atoms with Crippen molar-refractivity contribution in [2.24, 2.45) is 0 Å². The number of hydrogen-bond donors (Lipinski definition) is 1. The minimum absolute atomic E-state index is 0.0528. The number of rotatable bonds is 5. The first-order valence-electron chi connectivity index (χ1n) is 9.55. The van der Waals surface area contributed by atoms with Crippen LogP contribution in [0.25, 0.3) is 11.0 Å². The van der Waals surface area contributed by atoms with Crippen LogP contribution in [0, 0.1) is 0 Å². The van der Waals surface area contributed by atoms with Crippen molar-refractivity contribution in [1.29, 1.82) is 0 Å². The van der Waals surface area contributed by atoms with E-state index in [1.807, 2.05) is 0 Å². The van der Waals surface area contributed by atoms with Crippen LogP contribution in [-0.4, -0.2) is 55.5 Å². The SMILES string of the molecule is CC(C)(C)O[C@H]1C(=O)N2C(C(=O)O)=C(COc3ccc4ccc(=O)oc4c3)CS(=O)[C@H]12. The van der Waals surface area contributed by atoms with Gasteiger partial charge in [0.25, 0.3) is 5.91 Å². The number of ether oxygens (including phenoxy) is 2. The molecule has 2 aromatic rings. The number of carboxylic acid groups (broad SMARTS) is 1. The molecule has 10 heteroatoms. The molecule has 0 spiro atoms. The Hall–Kier alpha value is -2.98. The zero-order valence-corrected chi connectivity index (χ0v) is 17.9. The van der Waals surface area contributed by atoms with Crippen LogP contribution in [0.15, 0.2) is 50.8 Å². The van der Waals surface area contributed by atoms with Crippen molar-refractivity contribution >= 4 is 33.6 Å². The number of aliphatic carboxylic acids is 1. The molecule has 3 atom stereocenters. The Balaban J connectivity index is 1.59. The molecule has 2 aliphatic rings. The van der Waals surface area contributed by atoms with Gasteiger partial charge in [0.15, 0.2) is 6.10 Å². The summed E-state index contributed by atoms with van der Waals surface area (Å²) in [4.78, 5) is 37.0. The van der Waals surface area contributed by atoms with E-state index in [9.17, 15) is 23.7 Å². The predicted octanol–water partition coefficient (Wildman–Crippen LogP) is 1.62. The van der Waals surface area contributed by atoms with Gasteiger partial charge in [-0.25, -0.2) is 9.59 Å². The number of fused-ring (bicyclic) bond motifs is 2. The molecule has 0 aliphatic carbocycles. The van der Waals surface area contributed by atoms with E-state index in [1.165, 1.54) is 12.1 Å². The topological polar surface area (TPSA) is 123 Å². The summed E-state index contributed by atoms with van der Waals surface area (Å²) in [5, 5.41) is 9.59. The van der Waals surface area contributed by atoms with Crippen molar-refractivity contribution in [3.8, 4) is 5.75 Å². The molecular formula is C21H21NO8S. The molecule has 164 valence electrons. The van der Waals surface area contributed by atoms with Gasteiger partial charge in [0.2, 0.25) is 0 Å². The summed E-state index contributed by atoms with van der Waals surface area (Å²) in [6.07, 6.45) is -0.943. The maximum absolute atomic E-state index is 12.8. The highest BCUT2D eigenvalue weighted by Crippen LogP contribution is 2.38. The third-order valence-electron chi connectivity index (χ3n) is 4.85. The molecule has 0 radical (unpaired) electrons. The summed E-state index contributed by atoms with van der Waals surface area (Å²) in [5.41, 5.74) is -0.810. The number of β-lactam (4-membered cyclic amide) rings is 1. The molecule has 9 nitrogen and oxygen atoms in total. The third kappa shape index (κ3) is 4.00. The van der Waals surface area contributed by atoms with Gasteiger partial charge >= 0.3 is 11.6 Å². The van der Waals surface area contributed by atoms with Gasteiger partial charge in [0.1, 0.15) is 29.0 Å². The van der Waals surface area contributed by atoms with Crippen LogP contribution in [0.1, 0.15) is 20.8 Å². The molecule has 1 N–H and O–H groups in total. The van der Waals surface area contributed by atoms with E-state index in [2.05, 4.69) is 0 Å². The average molecular weight is 447 g/mol. The van der Waals surface area contributed by atoms with Gasteiger partial charge in [-0.05, 0) is 39.0 Å². The Kier molecular flexibility index (Phi) is 5.22. The first-order valence-corrected chi connectivity index (χ1v) is 10.9. The van der Waals surface area contributed by atoms with E-state index in [1.54, 1.807) is 39.0 Å². The summed E-state index contributed by atoms with van der Waals surface area (Å²) in [6, 6.07) is 7.78. The Morgan fingerprint density at radius 2 is 1.97 bits per heavy atom. The van der Waals surface area contributed by atoms with Crippen molar-refractivity contribution in [3.63, 3.8) is 0 Å². The quantitative estimate of drug-likeness (QED) is 0.542. The van der Waals surface area contributed by atoms with Crippen molar-refractivity contribution in [1.82, 2.24) is 4.90 Å². The van der Waals surface area contributed by atoms with Crippen molar-refractivity contribution in [2.45, 2.75) is 37.9 Å². The van der Waals surface area contributed by atoms with E-state index in [0.717, 1.165) is 4.90 Å². The van der Waals surface area contributed by atoms with Crippen LogP contribution >= 0.6 is 0 Å². The lowest BCUT2D eigenvalue weighted by Gasteiger charge is -2.50. The van der Waals surface area contributed by atoms with Crippen molar-refractivity contribution < 1.29 is 32.8 Å². The Bertz CT molecular complexity index is 1190. The minimum Gasteiger partial charge on any atom is -0.489 e. The molecule has 1 amide bonds. The molecule has 1 saturated heterocycles. The molecule has 0 saturated carbocycles. The maximum Gasteiger partial charge on any atom is 0.352 e. The molecular weight excluding hydrogens is 426 g/mol. The smallest absolute Gasteiger partial charge is 0.352 e. The molecule has 1 unspecified atom stereocenters. The highest BCUT2D eigenvalue weighted by atomic mass is 32.2. The lowest BCUT2D eigenvalue weighted by Crippen LogP contribution is -2.70. The molecule has 1 fully saturated rings. The zero-order chi connectivity index (χ0) is 22.5. The molecule has 31 heavy (non-hydrogen) atoms. The molecule has 2 aliphatic heterocycles. The number of carbonyl (C=O) groups excluding carboxylic acids is 1. The first-order chi connectivity index (χ1) is 14.5. The van der Waals surface area contributed by atoms with E-state index < -0.39 is 45.4 Å². The van der Waals surface area contributed by atoms with Gasteiger partial charge in [-0.15, -0.1) is 0 Å². The van der Waals surface area contributed by atoms with Crippen LogP contribution < -0.4 is 10.4 Å². The molecule has 3 heterocycles. The summed E-state index contributed by atoms with van der Waals surface area (Å²) < 4.78 is 29.3. The summed E-state index contributed by atoms with van der Waals surface area (Å²) >= 11 is 0. The molecule has 1 aromatic carbocycles. The van der Waals surface area contributed by atoms with E-state index in [0.29, 0.717) is 16.7 Å². The standard InChI is InChI=1S/C21H21NO8S/c1-21(2,3)30-17-18(24)22-16(20(25)26)12(10-31(27)19(17)22)9-28-13-6-4-11-5-7-15(23)29-14(11)8-13/h4-8,17,19H,9-10H2,1-3H3,(H,25,26)/t17-,19+,31?/m0/s1. The van der Waals surface area contributed by atoms with Crippen molar-refractivity contribution in [3.05, 3.63) is 52.0 Å². The Morgan fingerprint density at radius 3 is 2.65 bits per heavy atom. The van der Waals surface area contributed by atoms with Gasteiger partial charge in [-0.2, -0.15) is 0 Å². The Labute approximate surface area is 179 Å². The minimum atomic E-state index is -1.55. The number of carbonyl (C=O) groups is 2. The number of hydrogen-bond acceptors (Lipinski definition) is 7. The number of amides is 1. The van der Waals surface area contributed by atoms with Crippen molar-refractivity contribution in [2.75, 3.05) is 12.4 Å². The monoisotopic (exact) mass is 447 g/mol. The average Bonchev–Trinajstić information content (AvgIpc) is 2.68. The summed E-state index contributed by atoms with van der Waals surface area (Å²) in [7, 11) is -1.55. The van der Waals surface area contributed by atoms with E-state index in [4.69, 9.17) is 13.9 Å². The van der Waals surface area contributed by atoms with Gasteiger partial charge in [-0.1, -0.05) is 0 Å². The maximum atomic E-state index is 12.8. The second kappa shape index (κ2) is 7.61. The van der Waals surface area contributed by atoms with Gasteiger partial charge < -0.3 is 19.0 Å². The molecule has 4 rings (SSSR count). The predicted molar refractivity (Wildman–Crippen MR) is 111 cm³/mol. The second-order valence-corrected chi connectivity index (χ2v) is 9.81. The number of nitrogens with zero attached hydrogens (tertiary/aromatic N) is 1. The van der Waals surface area contributed by atoms with Gasteiger partial charge in [0.05, 0.1) is 22.2 Å². The van der Waals surface area contributed by atoms with E-state index >= 15 is 0 Å². The van der Waals surface area contributed by atoms with Crippen LogP contribution in [0.4, 0.5) is 0 Å². The van der Waals surface area contributed by atoms with Gasteiger partial charge in [0, 0.05) is 23.1 Å². The summed E-state index contributed by atoms with van der Waals surface area (Å²) in [5.74, 6) is -1.54. The fourth-order valence-electron chi connectivity index (χ4n) is 3.58. The summed E-state index contributed by atoms with van der Waals surface area (Å²) in [6.45, 7) is 5.13. The van der Waals surface area contributed by atoms with Crippen LogP contribution in [0.5, 0.6) is 5.75 Å². The van der Waals surface area contributed by atoms with Crippen LogP contribution in [0.3, 0.4) is 0 Å². The lowest BCUT2D eigenvalue weighted by molar-refractivity contribution is -0.178. The largest absolute Gasteiger partial charge is 0.489 e. The van der Waals surface area contributed by atoms with Crippen LogP contribution in [0.2, 0.25) is 0 Å². The normalized spacial score (nSPS) is 23.5. The first kappa shape index (κ1) is 21.3. The third-order valence-corrected chi connectivity index (χ3v) is 6.48. The highest BCUT2D eigenvalue weighted by molar-refractivity contribution is 7.86. The number of carboxylic acids is 1. The Morgan fingerprint density at radius 1 is 1.26 bits per heavy atom. The zero-order valence-electron chi connectivity index (χ0n) is 17.1. The number of benzene rings is 1. The fourth-order valence-corrected chi connectivity index (χ4v) is 5.21.